The summed E-state index contributed by atoms with van der Waals surface area (Å²) in [5.41, 5.74) is 15.9. The van der Waals surface area contributed by atoms with Crippen LogP contribution >= 0.6 is 0 Å². The first kappa shape index (κ1) is 50.3. The number of hydrogen-bond donors (Lipinski definition) is 3. The topological polar surface area (TPSA) is 223 Å². The molecule has 7 aromatic rings. The summed E-state index contributed by atoms with van der Waals surface area (Å²) in [5, 5.41) is 11.5. The monoisotopic (exact) mass is 983 g/mol. The van der Waals surface area contributed by atoms with E-state index in [-0.39, 0.29) is 54.1 Å². The number of rotatable bonds is 10. The Hall–Kier alpha value is -9.05. The number of hydrogen-bond acceptors (Lipinski definition) is 11. The van der Waals surface area contributed by atoms with Gasteiger partial charge in [-0.1, -0.05) is 0 Å². The fourth-order valence-corrected chi connectivity index (χ4v) is 8.67. The van der Waals surface area contributed by atoms with Crippen LogP contribution in [-0.2, 0) is 51.2 Å². The van der Waals surface area contributed by atoms with Crippen LogP contribution in [0.2, 0.25) is 0 Å². The number of benzene rings is 5. The lowest BCUT2D eigenvalue weighted by Crippen LogP contribution is -2.27. The minimum atomic E-state index is -0.963. The first-order valence-corrected chi connectivity index (χ1v) is 23.3. The van der Waals surface area contributed by atoms with E-state index in [0.717, 1.165) is 56.2 Å². The summed E-state index contributed by atoms with van der Waals surface area (Å²) in [4.78, 5) is 88.8. The van der Waals surface area contributed by atoms with Crippen LogP contribution in [0, 0.1) is 0 Å². The predicted molar refractivity (Wildman–Crippen MR) is 276 cm³/mol. The zero-order chi connectivity index (χ0) is 52.3. The summed E-state index contributed by atoms with van der Waals surface area (Å²) in [6.45, 7) is 5.35. The molecule has 4 N–H and O–H groups in total. The number of nitrogens with zero attached hydrogens (tertiary/aromatic N) is 3. The van der Waals surface area contributed by atoms with E-state index in [4.69, 9.17) is 24.4 Å². The van der Waals surface area contributed by atoms with Gasteiger partial charge in [-0.15, -0.1) is 0 Å². The van der Waals surface area contributed by atoms with Crippen molar-refractivity contribution < 1.29 is 52.2 Å². The lowest BCUT2D eigenvalue weighted by molar-refractivity contribution is -0.117. The van der Waals surface area contributed by atoms with Crippen molar-refractivity contribution >= 4 is 69.8 Å². The van der Waals surface area contributed by atoms with Crippen molar-refractivity contribution in [3.05, 3.63) is 172 Å². The largest absolute Gasteiger partial charge is 0.478 e. The number of anilines is 5. The van der Waals surface area contributed by atoms with Gasteiger partial charge in [0, 0.05) is 84.7 Å². The van der Waals surface area contributed by atoms with Crippen LogP contribution in [0.25, 0.3) is 22.6 Å². The molecule has 0 bridgehead atoms. The van der Waals surface area contributed by atoms with Gasteiger partial charge in [0.25, 0.3) is 0 Å². The van der Waals surface area contributed by atoms with Crippen LogP contribution in [0.15, 0.2) is 137 Å². The molecule has 5 aromatic carbocycles. The minimum absolute atomic E-state index is 0.00235. The van der Waals surface area contributed by atoms with Crippen LogP contribution in [-0.4, -0.2) is 73.2 Å². The summed E-state index contributed by atoms with van der Waals surface area (Å²) >= 11 is 0. The normalized spacial score (nSPS) is 13.3. The van der Waals surface area contributed by atoms with Gasteiger partial charge in [0.1, 0.15) is 17.1 Å². The third kappa shape index (κ3) is 11.4. The van der Waals surface area contributed by atoms with E-state index < -0.39 is 17.7 Å². The molecule has 73 heavy (non-hydrogen) atoms. The molecule has 4 amide bonds. The Morgan fingerprint density at radius 2 is 1.01 bits per heavy atom. The van der Waals surface area contributed by atoms with Gasteiger partial charge in [-0.3, -0.25) is 29.3 Å². The van der Waals surface area contributed by atoms with E-state index in [1.807, 2.05) is 54.6 Å². The first-order chi connectivity index (χ1) is 34.7. The van der Waals surface area contributed by atoms with Gasteiger partial charge in [0.15, 0.2) is 11.6 Å². The standard InChI is InChI=1S/C26H26N2O5.C21H18N2O3.C10H9NO3/c1-26(2,3)33-25(31)27-20-9-7-17(23-6-5-11-32-23)13-18(20)14-22(29)16-8-10-21-19(12-16)15-24(30)28(21)4;1-23-18-7-5-13(9-16(18)12-21(23)25)19(24)11-15-10-14(4-6-17(15)22)20-3-2-8-26-20;1-11-8-3-2-6(10(13)14)4-7(8)5-9(11)12/h5-13H,14-15H2,1-4H3,(H,27,31);2-10H,11-12,22H2,1H3;2-4H,5H2,1H3,(H,13,14). The third-order valence-corrected chi connectivity index (χ3v) is 12.6. The molecular weight excluding hydrogens is 931 g/mol. The van der Waals surface area contributed by atoms with E-state index in [9.17, 15) is 33.6 Å². The van der Waals surface area contributed by atoms with Crippen LogP contribution in [0.3, 0.4) is 0 Å². The average molecular weight is 984 g/mol. The molecule has 3 aliphatic rings. The molecule has 0 fully saturated rings. The number of likely N-dealkylation sites (N-methyl/N-ethyl adjacent to an activating group) is 3. The predicted octanol–water partition coefficient (Wildman–Crippen LogP) is 9.61. The molecule has 0 saturated carbocycles. The second-order valence-electron chi connectivity index (χ2n) is 18.8. The molecule has 5 heterocycles. The Kier molecular flexibility index (Phi) is 14.3. The first-order valence-electron chi connectivity index (χ1n) is 23.3. The molecule has 0 spiro atoms. The zero-order valence-electron chi connectivity index (χ0n) is 41.1. The maximum absolute atomic E-state index is 13.2. The lowest BCUT2D eigenvalue weighted by Gasteiger charge is -2.20. The Morgan fingerprint density at radius 3 is 1.45 bits per heavy atom. The fraction of sp³-hybridized carbons (Fsp3) is 0.211. The molecule has 0 atom stereocenters. The van der Waals surface area contributed by atoms with E-state index in [0.29, 0.717) is 46.7 Å². The van der Waals surface area contributed by atoms with Gasteiger partial charge >= 0.3 is 12.1 Å². The molecule has 3 aliphatic heterocycles. The van der Waals surface area contributed by atoms with Gasteiger partial charge in [-0.25, -0.2) is 9.59 Å². The smallest absolute Gasteiger partial charge is 0.412 e. The van der Waals surface area contributed by atoms with E-state index in [1.165, 1.54) is 6.07 Å². The zero-order valence-corrected chi connectivity index (χ0v) is 41.1. The molecule has 0 saturated heterocycles. The summed E-state index contributed by atoms with van der Waals surface area (Å²) in [6, 6.07) is 33.7. The number of aromatic carboxylic acids is 1. The molecule has 372 valence electrons. The molecule has 2 aromatic heterocycles. The maximum Gasteiger partial charge on any atom is 0.412 e. The maximum atomic E-state index is 13.2. The molecule has 16 nitrogen and oxygen atoms in total. The van der Waals surface area contributed by atoms with E-state index >= 15 is 0 Å². The number of carboxylic acids is 1. The quantitative estimate of drug-likeness (QED) is 0.0861. The number of amides is 4. The highest BCUT2D eigenvalue weighted by Crippen LogP contribution is 2.33. The van der Waals surface area contributed by atoms with Gasteiger partial charge in [-0.2, -0.15) is 0 Å². The number of ether oxygens (including phenoxy) is 1. The number of furan rings is 2. The second-order valence-corrected chi connectivity index (χ2v) is 18.8. The number of carboxylic acid groups (broad SMARTS) is 1. The molecule has 16 heteroatoms. The van der Waals surface area contributed by atoms with Crippen LogP contribution < -0.4 is 25.8 Å². The number of fused-ring (bicyclic) bond motifs is 3. The number of ketones is 2. The van der Waals surface area contributed by atoms with Crippen LogP contribution in [0.1, 0.15) is 79.7 Å². The third-order valence-electron chi connectivity index (χ3n) is 12.6. The Balaban J connectivity index is 0.000000157. The van der Waals surface area contributed by atoms with Gasteiger partial charge in [0.2, 0.25) is 17.7 Å². The molecule has 0 radical (unpaired) electrons. The van der Waals surface area contributed by atoms with Crippen molar-refractivity contribution in [2.24, 2.45) is 0 Å². The molecular formula is C57H53N5O11. The summed E-state index contributed by atoms with van der Waals surface area (Å²) in [5.74, 6) is 0.327. The Bertz CT molecular complexity index is 3320. The van der Waals surface area contributed by atoms with Crippen molar-refractivity contribution in [1.82, 2.24) is 0 Å². The Labute approximate surface area is 420 Å². The highest BCUT2D eigenvalue weighted by atomic mass is 16.6. The second kappa shape index (κ2) is 20.7. The number of nitrogens with one attached hydrogen (secondary N) is 1. The molecule has 0 unspecified atom stereocenters. The van der Waals surface area contributed by atoms with Gasteiger partial charge in [-0.05, 0) is 164 Å². The van der Waals surface area contributed by atoms with Crippen LogP contribution in [0.5, 0.6) is 0 Å². The Morgan fingerprint density at radius 1 is 0.589 bits per heavy atom. The highest BCUT2D eigenvalue weighted by Gasteiger charge is 2.28. The SMILES string of the molecule is CN1C(=O)Cc2cc(C(=O)Cc3cc(-c4ccco4)ccc3N)ccc21.CN1C(=O)Cc2cc(C(=O)Cc3cc(-c4ccco4)ccc3NC(=O)OC(C)(C)C)ccc21.CN1C(=O)Cc2cc(C(=O)O)ccc21. The number of carbonyl (C=O) groups is 7. The highest BCUT2D eigenvalue weighted by molar-refractivity contribution is 6.06. The number of nitrogens with two attached hydrogens (primary N) is 1. The van der Waals surface area contributed by atoms with Crippen molar-refractivity contribution in [3.8, 4) is 22.6 Å². The van der Waals surface area contributed by atoms with E-state index in [1.54, 1.807) is 124 Å². The van der Waals surface area contributed by atoms with Crippen molar-refractivity contribution in [2.45, 2.75) is 58.5 Å². The lowest BCUT2D eigenvalue weighted by atomic mass is 9.97. The number of Topliss-reactive ketones (excluding diaryl/α,β-unsaturated/α-hetero) is 2. The van der Waals surface area contributed by atoms with Crippen molar-refractivity contribution in [3.63, 3.8) is 0 Å². The van der Waals surface area contributed by atoms with Gasteiger partial charge < -0.3 is 39.1 Å². The summed E-state index contributed by atoms with van der Waals surface area (Å²) in [7, 11) is 5.16. The van der Waals surface area contributed by atoms with Crippen LogP contribution in [0.4, 0.5) is 33.2 Å². The van der Waals surface area contributed by atoms with Crippen molar-refractivity contribution in [1.29, 1.82) is 0 Å². The van der Waals surface area contributed by atoms with Gasteiger partial charge in [0.05, 0.1) is 37.4 Å². The summed E-state index contributed by atoms with van der Waals surface area (Å²) in [6.07, 6.45) is 3.77. The number of nitrogen functional groups attached to an aromatic ring is 1. The fourth-order valence-electron chi connectivity index (χ4n) is 8.67. The minimum Gasteiger partial charge on any atom is -0.478 e. The average Bonchev–Trinajstić information content (AvgIpc) is 4.21. The summed E-state index contributed by atoms with van der Waals surface area (Å²) < 4.78 is 16.3. The molecule has 0 aliphatic carbocycles. The van der Waals surface area contributed by atoms with E-state index in [2.05, 4.69) is 5.32 Å². The number of carbonyl (C=O) groups excluding carboxylic acids is 6. The molecule has 10 rings (SSSR count). The van der Waals surface area contributed by atoms with Crippen molar-refractivity contribution in [2.75, 3.05) is 46.9 Å².